The molecule has 0 saturated heterocycles. The molecule has 2 aromatic rings. The highest BCUT2D eigenvalue weighted by molar-refractivity contribution is 9.10. The van der Waals surface area contributed by atoms with Crippen molar-refractivity contribution in [1.29, 1.82) is 0 Å². The molecule has 1 aromatic carbocycles. The van der Waals surface area contributed by atoms with Gasteiger partial charge < -0.3 is 9.88 Å². The van der Waals surface area contributed by atoms with E-state index in [1.165, 1.54) is 0 Å². The highest BCUT2D eigenvalue weighted by atomic mass is 79.9. The van der Waals surface area contributed by atoms with Gasteiger partial charge in [0.25, 0.3) is 0 Å². The van der Waals surface area contributed by atoms with E-state index in [2.05, 4.69) is 50.7 Å². The quantitative estimate of drug-likeness (QED) is 0.772. The van der Waals surface area contributed by atoms with E-state index >= 15 is 0 Å². The van der Waals surface area contributed by atoms with Crippen LogP contribution in [0.15, 0.2) is 35.1 Å². The van der Waals surface area contributed by atoms with Crippen LogP contribution in [0.3, 0.4) is 0 Å². The maximum absolute atomic E-state index is 6.40. The van der Waals surface area contributed by atoms with Crippen LogP contribution in [-0.2, 0) is 13.0 Å². The van der Waals surface area contributed by atoms with E-state index in [4.69, 9.17) is 11.6 Å². The van der Waals surface area contributed by atoms with Gasteiger partial charge in [0.05, 0.1) is 0 Å². The molecule has 1 N–H and O–H groups in total. The highest BCUT2D eigenvalue weighted by Crippen LogP contribution is 2.28. The Kier molecular flexibility index (Phi) is 6.27. The van der Waals surface area contributed by atoms with Gasteiger partial charge in [0.15, 0.2) is 0 Å². The van der Waals surface area contributed by atoms with Crippen LogP contribution in [0.1, 0.15) is 37.7 Å². The van der Waals surface area contributed by atoms with E-state index in [1.807, 2.05) is 24.5 Å². The maximum Gasteiger partial charge on any atom is 0.110 e. The summed E-state index contributed by atoms with van der Waals surface area (Å²) < 4.78 is 3.22. The third-order valence-electron chi connectivity index (χ3n) is 3.50. The zero-order valence-electron chi connectivity index (χ0n) is 12.4. The molecule has 0 amide bonds. The maximum atomic E-state index is 6.40. The average molecular weight is 371 g/mol. The van der Waals surface area contributed by atoms with E-state index in [-0.39, 0.29) is 6.04 Å². The van der Waals surface area contributed by atoms with Gasteiger partial charge in [-0.15, -0.1) is 0 Å². The van der Waals surface area contributed by atoms with Crippen LogP contribution >= 0.6 is 27.5 Å². The topological polar surface area (TPSA) is 29.9 Å². The smallest absolute Gasteiger partial charge is 0.110 e. The first kappa shape index (κ1) is 16.5. The van der Waals surface area contributed by atoms with Crippen molar-refractivity contribution in [1.82, 2.24) is 14.9 Å². The van der Waals surface area contributed by atoms with Gasteiger partial charge in [-0.2, -0.15) is 0 Å². The first-order valence-corrected chi connectivity index (χ1v) is 8.51. The van der Waals surface area contributed by atoms with E-state index in [0.717, 1.165) is 46.8 Å². The predicted octanol–water partition coefficient (Wildman–Crippen LogP) is 4.60. The number of aryl methyl sites for hydroxylation is 1. The molecule has 0 aliphatic heterocycles. The largest absolute Gasteiger partial charge is 0.335 e. The van der Waals surface area contributed by atoms with Crippen LogP contribution in [0.2, 0.25) is 5.02 Å². The normalized spacial score (nSPS) is 12.6. The van der Waals surface area contributed by atoms with E-state index in [1.54, 1.807) is 0 Å². The third kappa shape index (κ3) is 4.31. The Hall–Kier alpha value is -0.840. The summed E-state index contributed by atoms with van der Waals surface area (Å²) in [4.78, 5) is 4.48. The molecule has 1 unspecified atom stereocenters. The third-order valence-corrected chi connectivity index (χ3v) is 4.34. The molecule has 1 heterocycles. The molecule has 0 fully saturated rings. The Morgan fingerprint density at radius 2 is 2.19 bits per heavy atom. The fourth-order valence-electron chi connectivity index (χ4n) is 2.39. The summed E-state index contributed by atoms with van der Waals surface area (Å²) in [5.41, 5.74) is 1.12. The first-order chi connectivity index (χ1) is 10.2. The second-order valence-electron chi connectivity index (χ2n) is 5.01. The minimum atomic E-state index is 0.169. The molecule has 21 heavy (non-hydrogen) atoms. The van der Waals surface area contributed by atoms with Crippen molar-refractivity contribution in [2.45, 2.75) is 39.3 Å². The zero-order chi connectivity index (χ0) is 15.2. The predicted molar refractivity (Wildman–Crippen MR) is 91.8 cm³/mol. The summed E-state index contributed by atoms with van der Waals surface area (Å²) in [7, 11) is 0. The first-order valence-electron chi connectivity index (χ1n) is 7.34. The van der Waals surface area contributed by atoms with Crippen LogP contribution in [0.5, 0.6) is 0 Å². The van der Waals surface area contributed by atoms with Gasteiger partial charge in [-0.1, -0.05) is 34.5 Å². The number of halogens is 2. The lowest BCUT2D eigenvalue weighted by molar-refractivity contribution is 0.506. The van der Waals surface area contributed by atoms with Crippen molar-refractivity contribution in [2.24, 2.45) is 0 Å². The molecule has 0 saturated carbocycles. The molecule has 0 spiro atoms. The molecular formula is C16H21BrClN3. The van der Waals surface area contributed by atoms with Crippen LogP contribution in [0, 0.1) is 0 Å². The van der Waals surface area contributed by atoms with E-state index in [0.29, 0.717) is 0 Å². The minimum absolute atomic E-state index is 0.169. The standard InChI is InChI=1S/C16H21BrClN3/c1-3-7-19-15(11-16-20-8-9-21(16)4-2)13-10-12(17)5-6-14(13)18/h5-6,8-10,15,19H,3-4,7,11H2,1-2H3. The molecule has 2 rings (SSSR count). The number of nitrogens with zero attached hydrogens (tertiary/aromatic N) is 2. The number of benzene rings is 1. The van der Waals surface area contributed by atoms with Gasteiger partial charge in [0.2, 0.25) is 0 Å². The Bertz CT molecular complexity index is 583. The Morgan fingerprint density at radius 3 is 2.90 bits per heavy atom. The Morgan fingerprint density at radius 1 is 1.38 bits per heavy atom. The zero-order valence-corrected chi connectivity index (χ0v) is 14.8. The van der Waals surface area contributed by atoms with Crippen LogP contribution < -0.4 is 5.32 Å². The molecule has 5 heteroatoms. The molecule has 3 nitrogen and oxygen atoms in total. The molecule has 0 bridgehead atoms. The Balaban J connectivity index is 2.27. The van der Waals surface area contributed by atoms with E-state index in [9.17, 15) is 0 Å². The molecule has 0 radical (unpaired) electrons. The second kappa shape index (κ2) is 7.97. The van der Waals surface area contributed by atoms with Crippen molar-refractivity contribution in [3.05, 3.63) is 51.5 Å². The van der Waals surface area contributed by atoms with E-state index < -0.39 is 0 Å². The van der Waals surface area contributed by atoms with Crippen molar-refractivity contribution >= 4 is 27.5 Å². The SMILES string of the molecule is CCCNC(Cc1nccn1CC)c1cc(Br)ccc1Cl. The van der Waals surface area contributed by atoms with Gasteiger partial charge in [-0.3, -0.25) is 0 Å². The lowest BCUT2D eigenvalue weighted by Gasteiger charge is -2.20. The Labute approximate surface area is 139 Å². The molecular weight excluding hydrogens is 350 g/mol. The molecule has 0 aliphatic carbocycles. The molecule has 0 aliphatic rings. The lowest BCUT2D eigenvalue weighted by atomic mass is 10.0. The summed E-state index contributed by atoms with van der Waals surface area (Å²) in [5, 5.41) is 4.38. The number of hydrogen-bond donors (Lipinski definition) is 1. The molecule has 1 atom stereocenters. The number of imidazole rings is 1. The summed E-state index contributed by atoms with van der Waals surface area (Å²) >= 11 is 9.93. The average Bonchev–Trinajstić information content (AvgIpc) is 2.93. The summed E-state index contributed by atoms with van der Waals surface area (Å²) in [6, 6.07) is 6.17. The van der Waals surface area contributed by atoms with Gasteiger partial charge >= 0.3 is 0 Å². The molecule has 1 aromatic heterocycles. The summed E-state index contributed by atoms with van der Waals surface area (Å²) in [6.45, 7) is 6.19. The monoisotopic (exact) mass is 369 g/mol. The van der Waals surface area contributed by atoms with Crippen LogP contribution in [0.25, 0.3) is 0 Å². The van der Waals surface area contributed by atoms with Crippen LogP contribution in [-0.4, -0.2) is 16.1 Å². The van der Waals surface area contributed by atoms with Crippen molar-refractivity contribution in [3.8, 4) is 0 Å². The minimum Gasteiger partial charge on any atom is -0.335 e. The second-order valence-corrected chi connectivity index (χ2v) is 6.33. The van der Waals surface area contributed by atoms with Crippen molar-refractivity contribution in [3.63, 3.8) is 0 Å². The van der Waals surface area contributed by atoms with Gasteiger partial charge in [0, 0.05) is 40.9 Å². The van der Waals surface area contributed by atoms with Gasteiger partial charge in [-0.05, 0) is 43.7 Å². The summed E-state index contributed by atoms with van der Waals surface area (Å²) in [5.74, 6) is 1.09. The van der Waals surface area contributed by atoms with Crippen molar-refractivity contribution in [2.75, 3.05) is 6.54 Å². The fourth-order valence-corrected chi connectivity index (χ4v) is 3.02. The van der Waals surface area contributed by atoms with Crippen molar-refractivity contribution < 1.29 is 0 Å². The molecule has 114 valence electrons. The van der Waals surface area contributed by atoms with Gasteiger partial charge in [0.1, 0.15) is 5.82 Å². The van der Waals surface area contributed by atoms with Crippen LogP contribution in [0.4, 0.5) is 0 Å². The number of nitrogens with one attached hydrogen (secondary N) is 1. The number of rotatable bonds is 7. The fraction of sp³-hybridized carbons (Fsp3) is 0.438. The number of aromatic nitrogens is 2. The highest BCUT2D eigenvalue weighted by Gasteiger charge is 2.17. The number of hydrogen-bond acceptors (Lipinski definition) is 2. The summed E-state index contributed by atoms with van der Waals surface area (Å²) in [6.07, 6.45) is 5.80. The van der Waals surface area contributed by atoms with Gasteiger partial charge in [-0.25, -0.2) is 4.98 Å². The lowest BCUT2D eigenvalue weighted by Crippen LogP contribution is -2.25.